The van der Waals surface area contributed by atoms with Gasteiger partial charge in [-0.05, 0) is 31.8 Å². The Morgan fingerprint density at radius 2 is 2.00 bits per heavy atom. The van der Waals surface area contributed by atoms with Gasteiger partial charge in [0.1, 0.15) is 0 Å². The Bertz CT molecular complexity index is 404. The molecule has 1 aromatic rings. The molecule has 0 aliphatic rings. The number of amides is 1. The third kappa shape index (κ3) is 10.5. The number of hydrogen-bond acceptors (Lipinski definition) is 4. The number of carbonyl (C=O) groups is 1. The van der Waals surface area contributed by atoms with Crippen LogP contribution in [0.1, 0.15) is 5.56 Å². The van der Waals surface area contributed by atoms with Crippen LogP contribution in [0, 0.1) is 0 Å². The quantitative estimate of drug-likeness (QED) is 0.710. The van der Waals surface area contributed by atoms with Gasteiger partial charge in [0, 0.05) is 25.9 Å². The molecule has 5 nitrogen and oxygen atoms in total. The Kier molecular flexibility index (Phi) is 13.7. The van der Waals surface area contributed by atoms with E-state index in [4.69, 9.17) is 4.74 Å². The van der Waals surface area contributed by atoms with Crippen molar-refractivity contribution in [1.82, 2.24) is 10.2 Å². The van der Waals surface area contributed by atoms with E-state index in [0.29, 0.717) is 19.7 Å². The minimum atomic E-state index is -0.0434. The lowest BCUT2D eigenvalue weighted by atomic mass is 10.2. The van der Waals surface area contributed by atoms with Gasteiger partial charge in [-0.1, -0.05) is 12.1 Å². The van der Waals surface area contributed by atoms with Crippen molar-refractivity contribution in [3.63, 3.8) is 0 Å². The predicted molar refractivity (Wildman–Crippen MR) is 91.7 cm³/mol. The van der Waals surface area contributed by atoms with Gasteiger partial charge in [-0.2, -0.15) is 0 Å². The van der Waals surface area contributed by atoms with Gasteiger partial charge < -0.3 is 20.3 Å². The maximum absolute atomic E-state index is 11.7. The molecule has 0 aliphatic heterocycles. The number of ether oxygens (including phenoxy) is 1. The first kappa shape index (κ1) is 22.4. The molecular weight excluding hydrogens is 313 g/mol. The van der Waals surface area contributed by atoms with Crippen LogP contribution in [0.15, 0.2) is 24.3 Å². The number of benzene rings is 1. The minimum Gasteiger partial charge on any atom is -0.383 e. The van der Waals surface area contributed by atoms with E-state index in [1.54, 1.807) is 7.11 Å². The molecule has 1 amide bonds. The summed E-state index contributed by atoms with van der Waals surface area (Å²) in [4.78, 5) is 13.8. The fraction of sp³-hybridized carbons (Fsp3) is 0.500. The molecule has 0 radical (unpaired) electrons. The summed E-state index contributed by atoms with van der Waals surface area (Å²) in [5.74, 6) is -0.0434. The Morgan fingerprint density at radius 3 is 2.62 bits per heavy atom. The number of anilines is 1. The van der Waals surface area contributed by atoms with Crippen LogP contribution in [0.5, 0.6) is 0 Å². The molecule has 0 saturated heterocycles. The average Bonchev–Trinajstić information content (AvgIpc) is 2.34. The van der Waals surface area contributed by atoms with Crippen molar-refractivity contribution in [2.45, 2.75) is 6.54 Å². The molecule has 0 spiro atoms. The molecular formula is C14H25Cl2N3O2. The van der Waals surface area contributed by atoms with E-state index in [1.807, 2.05) is 38.4 Å². The first-order valence-electron chi connectivity index (χ1n) is 6.35. The summed E-state index contributed by atoms with van der Waals surface area (Å²) < 4.78 is 4.90. The monoisotopic (exact) mass is 337 g/mol. The van der Waals surface area contributed by atoms with Gasteiger partial charge >= 0.3 is 0 Å². The molecule has 1 aromatic carbocycles. The molecule has 21 heavy (non-hydrogen) atoms. The van der Waals surface area contributed by atoms with Crippen molar-refractivity contribution in [3.8, 4) is 0 Å². The third-order valence-electron chi connectivity index (χ3n) is 2.48. The molecule has 7 heteroatoms. The van der Waals surface area contributed by atoms with Gasteiger partial charge in [-0.25, -0.2) is 0 Å². The number of halogens is 2. The summed E-state index contributed by atoms with van der Waals surface area (Å²) in [6, 6.07) is 7.89. The number of hydrogen-bond donors (Lipinski definition) is 2. The van der Waals surface area contributed by atoms with Gasteiger partial charge in [-0.15, -0.1) is 24.8 Å². The molecule has 0 saturated carbocycles. The molecule has 0 atom stereocenters. The smallest absolute Gasteiger partial charge is 0.238 e. The largest absolute Gasteiger partial charge is 0.383 e. The molecule has 2 N–H and O–H groups in total. The Morgan fingerprint density at radius 1 is 1.29 bits per heavy atom. The molecule has 1 rings (SSSR count). The van der Waals surface area contributed by atoms with Crippen LogP contribution in [-0.2, 0) is 16.1 Å². The summed E-state index contributed by atoms with van der Waals surface area (Å²) in [5.41, 5.74) is 2.01. The number of nitrogens with one attached hydrogen (secondary N) is 2. The number of nitrogens with zero attached hydrogens (tertiary/aromatic N) is 1. The lowest BCUT2D eigenvalue weighted by molar-refractivity contribution is -0.115. The molecule has 0 aliphatic carbocycles. The van der Waals surface area contributed by atoms with Crippen LogP contribution in [0.4, 0.5) is 5.69 Å². The van der Waals surface area contributed by atoms with Gasteiger partial charge in [-0.3, -0.25) is 4.79 Å². The Balaban J connectivity index is 0. The number of methoxy groups -OCH3 is 1. The van der Waals surface area contributed by atoms with E-state index in [0.717, 1.165) is 12.2 Å². The zero-order valence-electron chi connectivity index (χ0n) is 12.7. The van der Waals surface area contributed by atoms with Crippen LogP contribution < -0.4 is 10.6 Å². The van der Waals surface area contributed by atoms with E-state index in [2.05, 4.69) is 15.5 Å². The highest BCUT2D eigenvalue weighted by Gasteiger charge is 2.03. The average molecular weight is 338 g/mol. The second kappa shape index (κ2) is 12.9. The summed E-state index contributed by atoms with van der Waals surface area (Å²) in [5, 5.41) is 5.88. The number of carbonyl (C=O) groups excluding carboxylic acids is 1. The van der Waals surface area contributed by atoms with Crippen molar-refractivity contribution in [3.05, 3.63) is 29.8 Å². The third-order valence-corrected chi connectivity index (χ3v) is 2.48. The maximum atomic E-state index is 11.7. The minimum absolute atomic E-state index is 0. The Labute approximate surface area is 139 Å². The van der Waals surface area contributed by atoms with Crippen LogP contribution >= 0.6 is 24.8 Å². The summed E-state index contributed by atoms with van der Waals surface area (Å²) >= 11 is 0. The van der Waals surface area contributed by atoms with Gasteiger partial charge in [0.15, 0.2) is 0 Å². The van der Waals surface area contributed by atoms with Gasteiger partial charge in [0.2, 0.25) is 5.91 Å². The Hall–Kier alpha value is -0.850. The fourth-order valence-electron chi connectivity index (χ4n) is 1.69. The van der Waals surface area contributed by atoms with Crippen molar-refractivity contribution in [2.24, 2.45) is 0 Å². The molecule has 0 unspecified atom stereocenters. The second-order valence-electron chi connectivity index (χ2n) is 4.66. The lowest BCUT2D eigenvalue weighted by Gasteiger charge is -2.11. The topological polar surface area (TPSA) is 53.6 Å². The molecule has 122 valence electrons. The zero-order valence-corrected chi connectivity index (χ0v) is 14.4. The van der Waals surface area contributed by atoms with Crippen LogP contribution in [0.3, 0.4) is 0 Å². The van der Waals surface area contributed by atoms with Crippen molar-refractivity contribution >= 4 is 36.4 Å². The first-order valence-corrected chi connectivity index (χ1v) is 6.35. The first-order chi connectivity index (χ1) is 9.11. The maximum Gasteiger partial charge on any atom is 0.238 e. The second-order valence-corrected chi connectivity index (χ2v) is 4.66. The summed E-state index contributed by atoms with van der Waals surface area (Å²) in [6.07, 6.45) is 0. The van der Waals surface area contributed by atoms with Crippen LogP contribution in [0.2, 0.25) is 0 Å². The molecule has 0 heterocycles. The van der Waals surface area contributed by atoms with E-state index in [9.17, 15) is 4.79 Å². The highest BCUT2D eigenvalue weighted by Crippen LogP contribution is 2.11. The van der Waals surface area contributed by atoms with Gasteiger partial charge in [0.25, 0.3) is 0 Å². The van der Waals surface area contributed by atoms with Crippen molar-refractivity contribution < 1.29 is 9.53 Å². The highest BCUT2D eigenvalue weighted by atomic mass is 35.5. The SMILES string of the molecule is COCCNCC(=O)Nc1cccc(CN(C)C)c1.Cl.Cl. The zero-order chi connectivity index (χ0) is 14.1. The highest BCUT2D eigenvalue weighted by molar-refractivity contribution is 5.92. The van der Waals surface area contributed by atoms with Gasteiger partial charge in [0.05, 0.1) is 13.2 Å². The normalized spacial score (nSPS) is 9.71. The summed E-state index contributed by atoms with van der Waals surface area (Å²) in [7, 11) is 5.67. The fourth-order valence-corrected chi connectivity index (χ4v) is 1.69. The predicted octanol–water partition coefficient (Wildman–Crippen LogP) is 1.77. The van der Waals surface area contributed by atoms with Crippen LogP contribution in [-0.4, -0.2) is 51.7 Å². The van der Waals surface area contributed by atoms with Crippen molar-refractivity contribution in [2.75, 3.05) is 46.2 Å². The summed E-state index contributed by atoms with van der Waals surface area (Å²) in [6.45, 7) is 2.42. The van der Waals surface area contributed by atoms with Crippen molar-refractivity contribution in [1.29, 1.82) is 0 Å². The lowest BCUT2D eigenvalue weighted by Crippen LogP contribution is -2.30. The molecule has 0 fully saturated rings. The molecule has 0 bridgehead atoms. The number of rotatable bonds is 8. The van der Waals surface area contributed by atoms with E-state index >= 15 is 0 Å². The van der Waals surface area contributed by atoms with E-state index in [-0.39, 0.29) is 30.7 Å². The van der Waals surface area contributed by atoms with E-state index < -0.39 is 0 Å². The molecule has 0 aromatic heterocycles. The van der Waals surface area contributed by atoms with E-state index in [1.165, 1.54) is 5.56 Å². The van der Waals surface area contributed by atoms with Crippen LogP contribution in [0.25, 0.3) is 0 Å². The standard InChI is InChI=1S/C14H23N3O2.2ClH/c1-17(2)11-12-5-4-6-13(9-12)16-14(18)10-15-7-8-19-3;;/h4-6,9,15H,7-8,10-11H2,1-3H3,(H,16,18);2*1H.